The second kappa shape index (κ2) is 8.82. The maximum absolute atomic E-state index is 5.69. The summed E-state index contributed by atoms with van der Waals surface area (Å²) in [5.74, 6) is 1.60. The highest BCUT2D eigenvalue weighted by Gasteiger charge is 2.12. The molecule has 0 aromatic heterocycles. The monoisotopic (exact) mass is 240 g/mol. The third-order valence-electron chi connectivity index (χ3n) is 2.54. The first-order chi connectivity index (χ1) is 6.62. The van der Waals surface area contributed by atoms with Crippen molar-refractivity contribution in [3.63, 3.8) is 0 Å². The third kappa shape index (κ3) is 9.11. The van der Waals surface area contributed by atoms with Crippen LogP contribution in [0.25, 0.3) is 0 Å². The Bertz CT molecular complexity index is 126. The fourth-order valence-corrected chi connectivity index (χ4v) is 1.90. The molecule has 0 unspecified atom stereocenters. The summed E-state index contributed by atoms with van der Waals surface area (Å²) in [7, 11) is 4.57. The van der Waals surface area contributed by atoms with E-state index in [-0.39, 0.29) is 0 Å². The van der Waals surface area contributed by atoms with Gasteiger partial charge in [0, 0.05) is 18.2 Å². The second-order valence-electron chi connectivity index (χ2n) is 4.53. The quantitative estimate of drug-likeness (QED) is 0.329. The van der Waals surface area contributed by atoms with Crippen LogP contribution in [0.4, 0.5) is 0 Å². The number of hydrogen-bond acceptors (Lipinski definition) is 0. The van der Waals surface area contributed by atoms with E-state index < -0.39 is 0 Å². The summed E-state index contributed by atoms with van der Waals surface area (Å²) >= 11 is 11.3. The molecule has 0 amide bonds. The largest absolute Gasteiger partial charge is 0.328 e. The standard InChI is InChI=1S/C11H24Cl2N/c1-14(2,11-7-9-13)10-6-4-3-5-8-12/h3-11H2,1-2H3/q+1. The lowest BCUT2D eigenvalue weighted by atomic mass is 10.2. The smallest absolute Gasteiger partial charge is 0.0794 e. The van der Waals surface area contributed by atoms with Crippen LogP contribution in [-0.4, -0.2) is 43.4 Å². The van der Waals surface area contributed by atoms with E-state index in [1.54, 1.807) is 0 Å². The van der Waals surface area contributed by atoms with Crippen LogP contribution in [0.2, 0.25) is 0 Å². The SMILES string of the molecule is C[N+](C)(CCCCl)CCCCCCCl. The minimum Gasteiger partial charge on any atom is -0.328 e. The number of alkyl halides is 2. The number of unbranched alkanes of at least 4 members (excludes halogenated alkanes) is 3. The molecule has 0 bridgehead atoms. The molecule has 1 nitrogen and oxygen atoms in total. The van der Waals surface area contributed by atoms with Gasteiger partial charge in [-0.25, -0.2) is 0 Å². The molecule has 0 aromatic carbocycles. The zero-order chi connectivity index (χ0) is 10.9. The molecule has 0 saturated heterocycles. The molecule has 0 spiro atoms. The summed E-state index contributed by atoms with van der Waals surface area (Å²) in [6.45, 7) is 2.46. The van der Waals surface area contributed by atoms with E-state index in [0.717, 1.165) is 29.1 Å². The van der Waals surface area contributed by atoms with Gasteiger partial charge in [0.2, 0.25) is 0 Å². The van der Waals surface area contributed by atoms with Crippen molar-refractivity contribution in [2.75, 3.05) is 38.9 Å². The summed E-state index contributed by atoms with van der Waals surface area (Å²) in [6, 6.07) is 0. The molecule has 0 aliphatic carbocycles. The van der Waals surface area contributed by atoms with Gasteiger partial charge in [-0.1, -0.05) is 6.42 Å². The fraction of sp³-hybridized carbons (Fsp3) is 1.00. The molecule has 86 valence electrons. The topological polar surface area (TPSA) is 0 Å². The van der Waals surface area contributed by atoms with Crippen molar-refractivity contribution in [3.8, 4) is 0 Å². The van der Waals surface area contributed by atoms with Crippen LogP contribution >= 0.6 is 23.2 Å². The van der Waals surface area contributed by atoms with E-state index in [9.17, 15) is 0 Å². The van der Waals surface area contributed by atoms with Crippen molar-refractivity contribution in [2.45, 2.75) is 32.1 Å². The Morgan fingerprint density at radius 2 is 1.21 bits per heavy atom. The Hall–Kier alpha value is 0.540. The van der Waals surface area contributed by atoms with Crippen LogP contribution in [0.5, 0.6) is 0 Å². The number of quaternary nitrogens is 1. The molecule has 0 aromatic rings. The Labute approximate surface area is 99.0 Å². The molecule has 0 heterocycles. The van der Waals surface area contributed by atoms with Gasteiger partial charge in [-0.2, -0.15) is 0 Å². The molecule has 0 fully saturated rings. The molecular formula is C11H24Cl2N+. The van der Waals surface area contributed by atoms with E-state index in [1.165, 1.54) is 32.4 Å². The Morgan fingerprint density at radius 3 is 1.79 bits per heavy atom. The van der Waals surface area contributed by atoms with Gasteiger partial charge in [0.15, 0.2) is 0 Å². The average molecular weight is 241 g/mol. The van der Waals surface area contributed by atoms with Crippen LogP contribution in [0.3, 0.4) is 0 Å². The maximum Gasteiger partial charge on any atom is 0.0794 e. The van der Waals surface area contributed by atoms with Crippen molar-refractivity contribution < 1.29 is 4.48 Å². The van der Waals surface area contributed by atoms with Gasteiger partial charge in [0.25, 0.3) is 0 Å². The van der Waals surface area contributed by atoms with Crippen LogP contribution < -0.4 is 0 Å². The zero-order valence-electron chi connectivity index (χ0n) is 9.57. The van der Waals surface area contributed by atoms with E-state index in [1.807, 2.05) is 0 Å². The fourth-order valence-electron chi connectivity index (χ4n) is 1.59. The molecule has 0 radical (unpaired) electrons. The van der Waals surface area contributed by atoms with Crippen molar-refractivity contribution in [1.82, 2.24) is 0 Å². The molecule has 0 aliphatic heterocycles. The predicted molar refractivity (Wildman–Crippen MR) is 66.4 cm³/mol. The van der Waals surface area contributed by atoms with E-state index in [2.05, 4.69) is 14.1 Å². The molecule has 14 heavy (non-hydrogen) atoms. The van der Waals surface area contributed by atoms with Crippen molar-refractivity contribution >= 4 is 23.2 Å². The first kappa shape index (κ1) is 14.5. The number of hydrogen-bond donors (Lipinski definition) is 0. The van der Waals surface area contributed by atoms with Crippen molar-refractivity contribution in [3.05, 3.63) is 0 Å². The minimum atomic E-state index is 0.786. The van der Waals surface area contributed by atoms with Crippen molar-refractivity contribution in [1.29, 1.82) is 0 Å². The third-order valence-corrected chi connectivity index (χ3v) is 3.08. The summed E-state index contributed by atoms with van der Waals surface area (Å²) < 4.78 is 1.10. The predicted octanol–water partition coefficient (Wildman–Crippen LogP) is 3.49. The lowest BCUT2D eigenvalue weighted by Crippen LogP contribution is -2.41. The Morgan fingerprint density at radius 1 is 0.714 bits per heavy atom. The molecule has 0 rings (SSSR count). The normalized spacial score (nSPS) is 12.0. The zero-order valence-corrected chi connectivity index (χ0v) is 11.1. The molecule has 0 N–H and O–H groups in total. The van der Waals surface area contributed by atoms with E-state index >= 15 is 0 Å². The molecule has 3 heteroatoms. The van der Waals surface area contributed by atoms with Crippen LogP contribution in [0.15, 0.2) is 0 Å². The summed E-state index contributed by atoms with van der Waals surface area (Å²) in [4.78, 5) is 0. The van der Waals surface area contributed by atoms with Gasteiger partial charge in [-0.15, -0.1) is 23.2 Å². The van der Waals surface area contributed by atoms with Crippen LogP contribution in [-0.2, 0) is 0 Å². The molecule has 0 saturated carbocycles. The maximum atomic E-state index is 5.69. The van der Waals surface area contributed by atoms with Gasteiger partial charge in [0.1, 0.15) is 0 Å². The number of nitrogens with zero attached hydrogens (tertiary/aromatic N) is 1. The summed E-state index contributed by atoms with van der Waals surface area (Å²) in [5.41, 5.74) is 0. The summed E-state index contributed by atoms with van der Waals surface area (Å²) in [6.07, 6.45) is 6.19. The molecule has 0 aliphatic rings. The van der Waals surface area contributed by atoms with E-state index in [4.69, 9.17) is 23.2 Å². The second-order valence-corrected chi connectivity index (χ2v) is 5.28. The highest BCUT2D eigenvalue weighted by atomic mass is 35.5. The average Bonchev–Trinajstić information content (AvgIpc) is 2.15. The number of rotatable bonds is 9. The highest BCUT2D eigenvalue weighted by molar-refractivity contribution is 6.18. The lowest BCUT2D eigenvalue weighted by molar-refractivity contribution is -0.890. The van der Waals surface area contributed by atoms with Gasteiger partial charge in [-0.05, 0) is 19.3 Å². The molecular weight excluding hydrogens is 217 g/mol. The van der Waals surface area contributed by atoms with Gasteiger partial charge in [-0.3, -0.25) is 0 Å². The van der Waals surface area contributed by atoms with Crippen LogP contribution in [0.1, 0.15) is 32.1 Å². The van der Waals surface area contributed by atoms with Gasteiger partial charge in [0.05, 0.1) is 27.2 Å². The molecule has 0 atom stereocenters. The van der Waals surface area contributed by atoms with Crippen molar-refractivity contribution in [2.24, 2.45) is 0 Å². The van der Waals surface area contributed by atoms with E-state index in [0.29, 0.717) is 0 Å². The highest BCUT2D eigenvalue weighted by Crippen LogP contribution is 2.07. The lowest BCUT2D eigenvalue weighted by Gasteiger charge is -2.29. The number of halogens is 2. The summed E-state index contributed by atoms with van der Waals surface area (Å²) in [5, 5.41) is 0. The Kier molecular flexibility index (Phi) is 9.16. The minimum absolute atomic E-state index is 0.786. The first-order valence-corrected chi connectivity index (χ1v) is 6.63. The van der Waals surface area contributed by atoms with Gasteiger partial charge < -0.3 is 4.48 Å². The van der Waals surface area contributed by atoms with Gasteiger partial charge >= 0.3 is 0 Å². The first-order valence-electron chi connectivity index (χ1n) is 5.56. The Balaban J connectivity index is 3.35. The van der Waals surface area contributed by atoms with Crippen LogP contribution in [0, 0.1) is 0 Å².